The number of ether oxygens (including phenoxy) is 2. The van der Waals surface area contributed by atoms with Gasteiger partial charge < -0.3 is 24.5 Å². The van der Waals surface area contributed by atoms with Gasteiger partial charge in [0.1, 0.15) is 5.76 Å². The molecule has 2 atom stereocenters. The molecule has 0 saturated carbocycles. The molecule has 2 unspecified atom stereocenters. The molecule has 166 valence electrons. The van der Waals surface area contributed by atoms with Crippen molar-refractivity contribution in [2.45, 2.75) is 26.4 Å². The zero-order valence-corrected chi connectivity index (χ0v) is 20.0. The van der Waals surface area contributed by atoms with Crippen LogP contribution >= 0.6 is 24.0 Å². The lowest BCUT2D eigenvalue weighted by molar-refractivity contribution is 0.0945. The molecule has 0 aliphatic carbocycles. The standard InChI is InChI=1S/C23H33N3O3.HI/c1-19(16-28-17-20-6-3-2-4-7-20)14-25-23(26-15-21-10-13-27-18-21)24-11-9-22-8-5-12-29-22;/h2-8,12,19,21H,9-11,13-18H2,1H3,(H2,24,25,26);1H. The number of rotatable bonds is 11. The molecule has 7 heteroatoms. The second-order valence-corrected chi connectivity index (χ2v) is 7.66. The van der Waals surface area contributed by atoms with Crippen LogP contribution < -0.4 is 10.6 Å². The Morgan fingerprint density at radius 1 is 1.20 bits per heavy atom. The van der Waals surface area contributed by atoms with Crippen LogP contribution in [0.1, 0.15) is 24.7 Å². The van der Waals surface area contributed by atoms with Gasteiger partial charge in [-0.05, 0) is 30.0 Å². The number of halogens is 1. The molecule has 2 heterocycles. The number of aliphatic imine (C=N–C) groups is 1. The van der Waals surface area contributed by atoms with Crippen LogP contribution in [0.4, 0.5) is 0 Å². The van der Waals surface area contributed by atoms with E-state index in [1.807, 2.05) is 30.3 Å². The minimum atomic E-state index is 0. The van der Waals surface area contributed by atoms with Crippen molar-refractivity contribution >= 4 is 29.9 Å². The van der Waals surface area contributed by atoms with Crippen molar-refractivity contribution in [2.24, 2.45) is 16.8 Å². The lowest BCUT2D eigenvalue weighted by atomic mass is 10.1. The number of nitrogens with zero attached hydrogens (tertiary/aromatic N) is 1. The summed E-state index contributed by atoms with van der Waals surface area (Å²) in [5.41, 5.74) is 1.20. The van der Waals surface area contributed by atoms with Crippen molar-refractivity contribution in [3.05, 3.63) is 60.1 Å². The van der Waals surface area contributed by atoms with Crippen LogP contribution in [0.2, 0.25) is 0 Å². The molecule has 0 spiro atoms. The number of guanidine groups is 1. The molecule has 1 aromatic heterocycles. The SMILES string of the molecule is CC(CN=C(NCCc1ccco1)NCC1CCOC1)COCc1ccccc1.I. The average molecular weight is 527 g/mol. The summed E-state index contributed by atoms with van der Waals surface area (Å²) in [5, 5.41) is 6.88. The van der Waals surface area contributed by atoms with Crippen LogP contribution in [0.3, 0.4) is 0 Å². The zero-order valence-electron chi connectivity index (χ0n) is 17.7. The van der Waals surface area contributed by atoms with E-state index < -0.39 is 0 Å². The van der Waals surface area contributed by atoms with Gasteiger partial charge >= 0.3 is 0 Å². The fourth-order valence-electron chi connectivity index (χ4n) is 3.17. The molecular formula is C23H34IN3O3. The van der Waals surface area contributed by atoms with Crippen LogP contribution in [-0.4, -0.2) is 45.4 Å². The van der Waals surface area contributed by atoms with E-state index in [1.165, 1.54) is 5.56 Å². The van der Waals surface area contributed by atoms with Gasteiger partial charge in [0.25, 0.3) is 0 Å². The van der Waals surface area contributed by atoms with E-state index in [-0.39, 0.29) is 24.0 Å². The first-order chi connectivity index (χ1) is 14.3. The zero-order chi connectivity index (χ0) is 20.2. The maximum atomic E-state index is 5.85. The minimum absolute atomic E-state index is 0. The van der Waals surface area contributed by atoms with E-state index >= 15 is 0 Å². The fraction of sp³-hybridized carbons (Fsp3) is 0.522. The van der Waals surface area contributed by atoms with Crippen molar-refractivity contribution in [2.75, 3.05) is 39.5 Å². The topological polar surface area (TPSA) is 68.0 Å². The van der Waals surface area contributed by atoms with Gasteiger partial charge in [-0.2, -0.15) is 0 Å². The average Bonchev–Trinajstić information content (AvgIpc) is 3.44. The van der Waals surface area contributed by atoms with Gasteiger partial charge in [0.05, 0.1) is 26.1 Å². The highest BCUT2D eigenvalue weighted by Gasteiger charge is 2.16. The van der Waals surface area contributed by atoms with Crippen LogP contribution in [0.5, 0.6) is 0 Å². The molecule has 1 aliphatic rings. The number of hydrogen-bond donors (Lipinski definition) is 2. The minimum Gasteiger partial charge on any atom is -0.469 e. The molecule has 2 N–H and O–H groups in total. The monoisotopic (exact) mass is 527 g/mol. The Morgan fingerprint density at radius 3 is 2.80 bits per heavy atom. The summed E-state index contributed by atoms with van der Waals surface area (Å²) in [5.74, 6) is 2.72. The number of furan rings is 1. The van der Waals surface area contributed by atoms with Crippen LogP contribution in [0, 0.1) is 11.8 Å². The van der Waals surface area contributed by atoms with E-state index in [4.69, 9.17) is 18.9 Å². The second-order valence-electron chi connectivity index (χ2n) is 7.66. The van der Waals surface area contributed by atoms with Crippen LogP contribution in [-0.2, 0) is 22.5 Å². The van der Waals surface area contributed by atoms with E-state index in [0.717, 1.165) is 50.9 Å². The predicted molar refractivity (Wildman–Crippen MR) is 130 cm³/mol. The normalized spacial score (nSPS) is 17.4. The molecule has 0 amide bonds. The Balaban J connectivity index is 0.00000320. The molecule has 2 aromatic rings. The highest BCUT2D eigenvalue weighted by atomic mass is 127. The van der Waals surface area contributed by atoms with Crippen LogP contribution in [0.15, 0.2) is 58.1 Å². The molecule has 0 bridgehead atoms. The van der Waals surface area contributed by atoms with Crippen LogP contribution in [0.25, 0.3) is 0 Å². The summed E-state index contributed by atoms with van der Waals surface area (Å²) in [7, 11) is 0. The predicted octanol–water partition coefficient (Wildman–Crippen LogP) is 3.86. The summed E-state index contributed by atoms with van der Waals surface area (Å²) in [6.45, 7) is 7.56. The van der Waals surface area contributed by atoms with Gasteiger partial charge in [-0.1, -0.05) is 37.3 Å². The molecule has 30 heavy (non-hydrogen) atoms. The van der Waals surface area contributed by atoms with E-state index in [1.54, 1.807) is 6.26 Å². The highest BCUT2D eigenvalue weighted by molar-refractivity contribution is 14.0. The summed E-state index contributed by atoms with van der Waals surface area (Å²) in [6, 6.07) is 14.2. The molecule has 0 radical (unpaired) electrons. The first-order valence-electron chi connectivity index (χ1n) is 10.5. The quantitative estimate of drug-likeness (QED) is 0.264. The highest BCUT2D eigenvalue weighted by Crippen LogP contribution is 2.10. The summed E-state index contributed by atoms with van der Waals surface area (Å²) in [4.78, 5) is 4.77. The molecule has 3 rings (SSSR count). The molecule has 1 saturated heterocycles. The maximum absolute atomic E-state index is 5.85. The fourth-order valence-corrected chi connectivity index (χ4v) is 3.17. The molecule has 1 aliphatic heterocycles. The smallest absolute Gasteiger partial charge is 0.191 e. The first kappa shape index (κ1) is 24.7. The van der Waals surface area contributed by atoms with E-state index in [0.29, 0.717) is 31.6 Å². The second kappa shape index (κ2) is 14.4. The number of hydrogen-bond acceptors (Lipinski definition) is 4. The van der Waals surface area contributed by atoms with E-state index in [2.05, 4.69) is 29.7 Å². The summed E-state index contributed by atoms with van der Waals surface area (Å²) >= 11 is 0. The van der Waals surface area contributed by atoms with Crippen molar-refractivity contribution in [1.29, 1.82) is 0 Å². The van der Waals surface area contributed by atoms with Gasteiger partial charge in [0.15, 0.2) is 5.96 Å². The van der Waals surface area contributed by atoms with Crippen molar-refractivity contribution in [1.82, 2.24) is 10.6 Å². The Morgan fingerprint density at radius 2 is 2.07 bits per heavy atom. The Kier molecular flexibility index (Phi) is 11.9. The maximum Gasteiger partial charge on any atom is 0.191 e. The lowest BCUT2D eigenvalue weighted by Gasteiger charge is -2.16. The third-order valence-electron chi connectivity index (χ3n) is 4.90. The van der Waals surface area contributed by atoms with E-state index in [9.17, 15) is 0 Å². The Labute approximate surface area is 196 Å². The molecule has 1 aromatic carbocycles. The third-order valence-corrected chi connectivity index (χ3v) is 4.90. The largest absolute Gasteiger partial charge is 0.469 e. The summed E-state index contributed by atoms with van der Waals surface area (Å²) < 4.78 is 16.7. The summed E-state index contributed by atoms with van der Waals surface area (Å²) in [6.07, 6.45) is 3.65. The van der Waals surface area contributed by atoms with Gasteiger partial charge in [-0.25, -0.2) is 0 Å². The molecule has 6 nitrogen and oxygen atoms in total. The Bertz CT molecular complexity index is 704. The lowest BCUT2D eigenvalue weighted by Crippen LogP contribution is -2.41. The van der Waals surface area contributed by atoms with Crippen molar-refractivity contribution < 1.29 is 13.9 Å². The number of benzene rings is 1. The van der Waals surface area contributed by atoms with Gasteiger partial charge in [-0.3, -0.25) is 4.99 Å². The van der Waals surface area contributed by atoms with Crippen molar-refractivity contribution in [3.8, 4) is 0 Å². The van der Waals surface area contributed by atoms with Gasteiger partial charge in [0.2, 0.25) is 0 Å². The molecule has 1 fully saturated rings. The van der Waals surface area contributed by atoms with Crippen molar-refractivity contribution in [3.63, 3.8) is 0 Å². The van der Waals surface area contributed by atoms with Gasteiger partial charge in [0, 0.05) is 38.6 Å². The third kappa shape index (κ3) is 9.49. The molecular weight excluding hydrogens is 493 g/mol. The first-order valence-corrected chi connectivity index (χ1v) is 10.5. The van der Waals surface area contributed by atoms with Gasteiger partial charge in [-0.15, -0.1) is 24.0 Å². The number of nitrogens with one attached hydrogen (secondary N) is 2. The Hall–Kier alpha value is -1.58.